The van der Waals surface area contributed by atoms with Gasteiger partial charge in [-0.05, 0) is 30.3 Å². The number of carbonyl (C=O) groups excluding carboxylic acids is 2. The van der Waals surface area contributed by atoms with E-state index in [1.165, 1.54) is 18.2 Å². The van der Waals surface area contributed by atoms with Gasteiger partial charge in [-0.2, -0.15) is 0 Å². The van der Waals surface area contributed by atoms with Crippen LogP contribution in [0.2, 0.25) is 10.0 Å². The Morgan fingerprint density at radius 1 is 1.21 bits per heavy atom. The van der Waals surface area contributed by atoms with Gasteiger partial charge in [0.05, 0.1) is 11.6 Å². The number of ether oxygens (including phenoxy) is 2. The highest BCUT2D eigenvalue weighted by molar-refractivity contribution is 6.37. The van der Waals surface area contributed by atoms with Gasteiger partial charge in [-0.1, -0.05) is 23.2 Å². The number of rotatable bonds is 6. The summed E-state index contributed by atoms with van der Waals surface area (Å²) in [4.78, 5) is 24.5. The summed E-state index contributed by atoms with van der Waals surface area (Å²) in [5.41, 5.74) is 5.96. The normalized spacial score (nSPS) is 15.4. The van der Waals surface area contributed by atoms with E-state index in [4.69, 9.17) is 42.8 Å². The molecule has 0 aliphatic carbocycles. The molecule has 0 spiro atoms. The van der Waals surface area contributed by atoms with Crippen molar-refractivity contribution in [1.82, 2.24) is 0 Å². The topological polar surface area (TPSA) is 107 Å². The van der Waals surface area contributed by atoms with Crippen LogP contribution in [-0.2, 0) is 4.74 Å². The van der Waals surface area contributed by atoms with Crippen LogP contribution < -0.4 is 15.8 Å². The number of benzene rings is 2. The highest BCUT2D eigenvalue weighted by Gasteiger charge is 2.26. The van der Waals surface area contributed by atoms with E-state index in [1.807, 2.05) is 0 Å². The molecule has 3 N–H and O–H groups in total. The standard InChI is InChI=1S/C19H14Cl2N2O5/c20-9-1-3-12(14(21)5-9)17(24)18-16(23-19(22)25)13-4-2-10(6-15(13)28-18)26-7-11-8-27-11/h1-6,11H,7-8H2,(H3,22,23,25)/t11-/m1/s1. The average molecular weight is 421 g/mol. The summed E-state index contributed by atoms with van der Waals surface area (Å²) in [6.07, 6.45) is 0.101. The van der Waals surface area contributed by atoms with Crippen LogP contribution in [0.5, 0.6) is 5.75 Å². The maximum atomic E-state index is 13.0. The summed E-state index contributed by atoms with van der Waals surface area (Å²) < 4.78 is 16.5. The summed E-state index contributed by atoms with van der Waals surface area (Å²) >= 11 is 12.0. The number of urea groups is 1. The van der Waals surface area contributed by atoms with Crippen molar-refractivity contribution in [3.63, 3.8) is 0 Å². The maximum absolute atomic E-state index is 13.0. The zero-order valence-electron chi connectivity index (χ0n) is 14.3. The maximum Gasteiger partial charge on any atom is 0.316 e. The minimum Gasteiger partial charge on any atom is -0.491 e. The number of nitrogens with two attached hydrogens (primary N) is 1. The highest BCUT2D eigenvalue weighted by Crippen LogP contribution is 2.36. The molecule has 2 aromatic carbocycles. The van der Waals surface area contributed by atoms with Gasteiger partial charge in [-0.3, -0.25) is 4.79 Å². The lowest BCUT2D eigenvalue weighted by Gasteiger charge is -2.05. The Kier molecular flexibility index (Phi) is 4.89. The Hall–Kier alpha value is -2.74. The van der Waals surface area contributed by atoms with Crippen molar-refractivity contribution in [3.8, 4) is 5.75 Å². The summed E-state index contributed by atoms with van der Waals surface area (Å²) in [5, 5.41) is 3.51. The predicted molar refractivity (Wildman–Crippen MR) is 105 cm³/mol. The molecule has 144 valence electrons. The number of nitrogens with one attached hydrogen (secondary N) is 1. The predicted octanol–water partition coefficient (Wildman–Crippen LogP) is 4.24. The number of anilines is 1. The zero-order valence-corrected chi connectivity index (χ0v) is 15.8. The third kappa shape index (κ3) is 3.77. The summed E-state index contributed by atoms with van der Waals surface area (Å²) in [6, 6.07) is 8.65. The molecule has 1 aliphatic rings. The molecule has 0 radical (unpaired) electrons. The largest absolute Gasteiger partial charge is 0.491 e. The molecule has 4 rings (SSSR count). The smallest absolute Gasteiger partial charge is 0.316 e. The second-order valence-corrected chi connectivity index (χ2v) is 7.02. The number of hydrogen-bond donors (Lipinski definition) is 2. The van der Waals surface area contributed by atoms with Crippen LogP contribution in [0.25, 0.3) is 11.0 Å². The number of halogens is 2. The van der Waals surface area contributed by atoms with E-state index < -0.39 is 11.8 Å². The number of amides is 2. The Morgan fingerprint density at radius 2 is 2.00 bits per heavy atom. The van der Waals surface area contributed by atoms with E-state index in [0.717, 1.165) is 0 Å². The van der Waals surface area contributed by atoms with Gasteiger partial charge in [0.1, 0.15) is 29.7 Å². The molecule has 2 amide bonds. The number of hydrogen-bond acceptors (Lipinski definition) is 5. The average Bonchev–Trinajstić information content (AvgIpc) is 3.41. The minimum atomic E-state index is -0.829. The molecule has 1 aromatic heterocycles. The van der Waals surface area contributed by atoms with Gasteiger partial charge in [-0.25, -0.2) is 4.79 Å². The second-order valence-electron chi connectivity index (χ2n) is 6.17. The monoisotopic (exact) mass is 420 g/mol. The molecular weight excluding hydrogens is 407 g/mol. The van der Waals surface area contributed by atoms with Crippen molar-refractivity contribution in [2.24, 2.45) is 5.73 Å². The van der Waals surface area contributed by atoms with Crippen molar-refractivity contribution in [1.29, 1.82) is 0 Å². The molecule has 1 aliphatic heterocycles. The first-order valence-electron chi connectivity index (χ1n) is 8.29. The van der Waals surface area contributed by atoms with Crippen molar-refractivity contribution in [3.05, 3.63) is 57.8 Å². The third-order valence-electron chi connectivity index (χ3n) is 4.13. The van der Waals surface area contributed by atoms with Gasteiger partial charge < -0.3 is 24.9 Å². The fourth-order valence-corrected chi connectivity index (χ4v) is 3.22. The van der Waals surface area contributed by atoms with Gasteiger partial charge in [0.15, 0.2) is 5.76 Å². The van der Waals surface area contributed by atoms with Crippen molar-refractivity contribution >= 4 is 51.7 Å². The van der Waals surface area contributed by atoms with Crippen LogP contribution in [0.1, 0.15) is 16.1 Å². The fraction of sp³-hybridized carbons (Fsp3) is 0.158. The lowest BCUT2D eigenvalue weighted by Crippen LogP contribution is -2.20. The summed E-state index contributed by atoms with van der Waals surface area (Å²) in [6.45, 7) is 1.10. The minimum absolute atomic E-state index is 0.0966. The Morgan fingerprint density at radius 3 is 2.68 bits per heavy atom. The number of furan rings is 1. The number of fused-ring (bicyclic) bond motifs is 1. The first-order valence-corrected chi connectivity index (χ1v) is 9.05. The number of epoxide rings is 1. The molecule has 9 heteroatoms. The second kappa shape index (κ2) is 7.35. The van der Waals surface area contributed by atoms with Crippen LogP contribution >= 0.6 is 23.2 Å². The lowest BCUT2D eigenvalue weighted by molar-refractivity contribution is 0.101. The Balaban J connectivity index is 1.76. The van der Waals surface area contributed by atoms with E-state index in [2.05, 4.69) is 5.32 Å². The summed E-state index contributed by atoms with van der Waals surface area (Å²) in [5.74, 6) is -0.0675. The van der Waals surface area contributed by atoms with E-state index in [0.29, 0.717) is 35.0 Å². The zero-order chi connectivity index (χ0) is 19.8. The van der Waals surface area contributed by atoms with Crippen LogP contribution in [0, 0.1) is 0 Å². The van der Waals surface area contributed by atoms with Crippen LogP contribution in [0.3, 0.4) is 0 Å². The van der Waals surface area contributed by atoms with Crippen LogP contribution in [0.4, 0.5) is 10.5 Å². The number of carbonyl (C=O) groups is 2. The Bertz CT molecular complexity index is 1090. The molecule has 1 fully saturated rings. The van der Waals surface area contributed by atoms with Gasteiger partial charge in [0.2, 0.25) is 5.78 Å². The number of ketones is 1. The van der Waals surface area contributed by atoms with Gasteiger partial charge >= 0.3 is 6.03 Å². The molecule has 1 atom stereocenters. The summed E-state index contributed by atoms with van der Waals surface area (Å²) in [7, 11) is 0. The lowest BCUT2D eigenvalue weighted by atomic mass is 10.1. The van der Waals surface area contributed by atoms with Gasteiger partial charge in [0, 0.05) is 22.0 Å². The van der Waals surface area contributed by atoms with E-state index >= 15 is 0 Å². The van der Waals surface area contributed by atoms with Crippen molar-refractivity contribution in [2.45, 2.75) is 6.10 Å². The van der Waals surface area contributed by atoms with Gasteiger partial charge in [0.25, 0.3) is 0 Å². The molecule has 0 unspecified atom stereocenters. The molecule has 7 nitrogen and oxygen atoms in total. The van der Waals surface area contributed by atoms with E-state index in [9.17, 15) is 9.59 Å². The molecular formula is C19H14Cl2N2O5. The quantitative estimate of drug-likeness (QED) is 0.457. The number of primary amides is 1. The first kappa shape index (κ1) is 18.6. The van der Waals surface area contributed by atoms with Gasteiger partial charge in [-0.15, -0.1) is 0 Å². The molecule has 0 bridgehead atoms. The molecule has 3 aromatic rings. The van der Waals surface area contributed by atoms with E-state index in [1.54, 1.807) is 18.2 Å². The van der Waals surface area contributed by atoms with Crippen molar-refractivity contribution < 1.29 is 23.5 Å². The molecule has 0 saturated carbocycles. The van der Waals surface area contributed by atoms with Crippen LogP contribution in [-0.4, -0.2) is 31.1 Å². The van der Waals surface area contributed by atoms with Crippen LogP contribution in [0.15, 0.2) is 40.8 Å². The van der Waals surface area contributed by atoms with E-state index in [-0.39, 0.29) is 28.1 Å². The Labute approximate surface area is 169 Å². The molecule has 1 saturated heterocycles. The van der Waals surface area contributed by atoms with Crippen molar-refractivity contribution in [2.75, 3.05) is 18.5 Å². The SMILES string of the molecule is NC(=O)Nc1c(C(=O)c2ccc(Cl)cc2Cl)oc2cc(OC[C@@H]3CO3)ccc12. The molecule has 28 heavy (non-hydrogen) atoms. The fourth-order valence-electron chi connectivity index (χ4n) is 2.72. The molecule has 2 heterocycles. The highest BCUT2D eigenvalue weighted by atomic mass is 35.5. The third-order valence-corrected chi connectivity index (χ3v) is 4.68. The first-order chi connectivity index (χ1) is 13.4.